The topological polar surface area (TPSA) is 12.0 Å². The Morgan fingerprint density at radius 3 is 2.00 bits per heavy atom. The summed E-state index contributed by atoms with van der Waals surface area (Å²) in [5.74, 6) is 0.245. The normalized spacial score (nSPS) is 17.7. The van der Waals surface area contributed by atoms with Gasteiger partial charge in [-0.1, -0.05) is 0 Å². The second-order valence-electron chi connectivity index (χ2n) is 2.15. The molecule has 10 heavy (non-hydrogen) atoms. The van der Waals surface area contributed by atoms with Gasteiger partial charge in [0.15, 0.2) is 0 Å². The molecule has 0 unspecified atom stereocenters. The Bertz CT molecular complexity index is 73.4. The fourth-order valence-corrected chi connectivity index (χ4v) is 0.767. The number of alkyl halides is 3. The first-order valence-electron chi connectivity index (χ1n) is 3.15. The van der Waals surface area contributed by atoms with Crippen molar-refractivity contribution in [3.63, 3.8) is 0 Å². The SMILES string of the molecule is CF.FC(F)CC1CNC1. The Morgan fingerprint density at radius 1 is 1.40 bits per heavy atom. The third-order valence-electron chi connectivity index (χ3n) is 1.38. The van der Waals surface area contributed by atoms with Crippen LogP contribution in [-0.4, -0.2) is 26.7 Å². The van der Waals surface area contributed by atoms with Crippen LogP contribution in [0.25, 0.3) is 0 Å². The van der Waals surface area contributed by atoms with Crippen LogP contribution in [0.5, 0.6) is 0 Å². The molecule has 1 heterocycles. The first-order valence-corrected chi connectivity index (χ1v) is 3.15. The lowest BCUT2D eigenvalue weighted by molar-refractivity contribution is 0.0998. The third kappa shape index (κ3) is 3.71. The summed E-state index contributed by atoms with van der Waals surface area (Å²) in [6.07, 6.45) is -2.03. The second-order valence-corrected chi connectivity index (χ2v) is 2.15. The van der Waals surface area contributed by atoms with Gasteiger partial charge in [0.05, 0.1) is 7.18 Å². The smallest absolute Gasteiger partial charge is 0.239 e. The van der Waals surface area contributed by atoms with Gasteiger partial charge >= 0.3 is 0 Å². The molecule has 62 valence electrons. The highest BCUT2D eigenvalue weighted by Gasteiger charge is 2.20. The first kappa shape index (κ1) is 9.75. The van der Waals surface area contributed by atoms with Gasteiger partial charge in [0.2, 0.25) is 6.43 Å². The van der Waals surface area contributed by atoms with Crippen LogP contribution in [0.1, 0.15) is 6.42 Å². The zero-order valence-electron chi connectivity index (χ0n) is 5.91. The molecule has 1 fully saturated rings. The quantitative estimate of drug-likeness (QED) is 0.636. The van der Waals surface area contributed by atoms with Crippen molar-refractivity contribution in [2.75, 3.05) is 20.3 Å². The van der Waals surface area contributed by atoms with E-state index in [4.69, 9.17) is 0 Å². The van der Waals surface area contributed by atoms with Gasteiger partial charge in [-0.25, -0.2) is 8.78 Å². The van der Waals surface area contributed by atoms with Gasteiger partial charge in [-0.15, -0.1) is 0 Å². The van der Waals surface area contributed by atoms with E-state index in [9.17, 15) is 13.2 Å². The maximum Gasteiger partial charge on any atom is 0.239 e. The fourth-order valence-electron chi connectivity index (χ4n) is 0.767. The lowest BCUT2D eigenvalue weighted by atomic mass is 10.0. The average molecular weight is 155 g/mol. The summed E-state index contributed by atoms with van der Waals surface area (Å²) < 4.78 is 32.5. The molecule has 0 aromatic rings. The molecule has 1 aliphatic heterocycles. The summed E-state index contributed by atoms with van der Waals surface area (Å²) in [6, 6.07) is 0. The number of halogens is 3. The van der Waals surface area contributed by atoms with Crippen LogP contribution in [0.4, 0.5) is 13.2 Å². The van der Waals surface area contributed by atoms with Crippen LogP contribution in [0.2, 0.25) is 0 Å². The third-order valence-corrected chi connectivity index (χ3v) is 1.38. The van der Waals surface area contributed by atoms with Gasteiger partial charge < -0.3 is 5.32 Å². The predicted molar refractivity (Wildman–Crippen MR) is 34.0 cm³/mol. The predicted octanol–water partition coefficient (Wildman–Crippen LogP) is 1.45. The van der Waals surface area contributed by atoms with Crippen LogP contribution in [-0.2, 0) is 0 Å². The standard InChI is InChI=1S/C5H9F2N.CH3F/c6-5(7)1-4-2-8-3-4;1-2/h4-5,8H,1-3H2;1H3. The summed E-state index contributed by atoms with van der Waals surface area (Å²) >= 11 is 0. The van der Waals surface area contributed by atoms with Gasteiger partial charge in [-0.3, -0.25) is 4.39 Å². The summed E-state index contributed by atoms with van der Waals surface area (Å²) in [6.45, 7) is 1.56. The van der Waals surface area contributed by atoms with Crippen molar-refractivity contribution in [1.82, 2.24) is 5.32 Å². The van der Waals surface area contributed by atoms with Gasteiger partial charge in [0.1, 0.15) is 0 Å². The number of rotatable bonds is 2. The lowest BCUT2D eigenvalue weighted by Gasteiger charge is -2.26. The zero-order chi connectivity index (χ0) is 7.98. The molecule has 1 saturated heterocycles. The molecular formula is C6H12F3N. The molecule has 0 aliphatic carbocycles. The highest BCUT2D eigenvalue weighted by Crippen LogP contribution is 2.13. The Labute approximate surface area is 58.6 Å². The van der Waals surface area contributed by atoms with Crippen LogP contribution >= 0.6 is 0 Å². The van der Waals surface area contributed by atoms with E-state index in [0.717, 1.165) is 13.1 Å². The molecule has 0 saturated carbocycles. The summed E-state index contributed by atoms with van der Waals surface area (Å²) in [4.78, 5) is 0. The Morgan fingerprint density at radius 2 is 1.90 bits per heavy atom. The molecule has 1 rings (SSSR count). The van der Waals surface area contributed by atoms with Crippen molar-refractivity contribution in [3.8, 4) is 0 Å². The minimum atomic E-state index is -2.11. The van der Waals surface area contributed by atoms with Gasteiger partial charge in [0.25, 0.3) is 0 Å². The van der Waals surface area contributed by atoms with Crippen LogP contribution in [0.3, 0.4) is 0 Å². The molecule has 1 aliphatic rings. The molecule has 0 aromatic heterocycles. The van der Waals surface area contributed by atoms with E-state index in [1.807, 2.05) is 0 Å². The molecule has 0 bridgehead atoms. The average Bonchev–Trinajstić information content (AvgIpc) is 1.84. The molecule has 0 amide bonds. The molecule has 1 N–H and O–H groups in total. The second kappa shape index (κ2) is 5.53. The summed E-state index contributed by atoms with van der Waals surface area (Å²) in [5, 5.41) is 2.93. The van der Waals surface area contributed by atoms with E-state index in [1.165, 1.54) is 0 Å². The molecule has 0 radical (unpaired) electrons. The van der Waals surface area contributed by atoms with Gasteiger partial charge in [0, 0.05) is 6.42 Å². The molecule has 0 atom stereocenters. The maximum absolute atomic E-state index is 11.5. The van der Waals surface area contributed by atoms with Crippen molar-refractivity contribution in [3.05, 3.63) is 0 Å². The monoisotopic (exact) mass is 155 g/mol. The van der Waals surface area contributed by atoms with Gasteiger partial charge in [-0.2, -0.15) is 0 Å². The van der Waals surface area contributed by atoms with Crippen molar-refractivity contribution >= 4 is 0 Å². The maximum atomic E-state index is 11.5. The lowest BCUT2D eigenvalue weighted by Crippen LogP contribution is -2.42. The van der Waals surface area contributed by atoms with Crippen molar-refractivity contribution in [2.45, 2.75) is 12.8 Å². The minimum absolute atomic E-state index is 0.0764. The Balaban J connectivity index is 0.000000371. The van der Waals surface area contributed by atoms with E-state index in [0.29, 0.717) is 7.18 Å². The van der Waals surface area contributed by atoms with Gasteiger partial charge in [-0.05, 0) is 19.0 Å². The van der Waals surface area contributed by atoms with Crippen molar-refractivity contribution in [2.24, 2.45) is 5.92 Å². The molecule has 1 nitrogen and oxygen atoms in total. The number of hydrogen-bond donors (Lipinski definition) is 1. The van der Waals surface area contributed by atoms with E-state index in [2.05, 4.69) is 5.32 Å². The number of nitrogens with one attached hydrogen (secondary N) is 1. The fraction of sp³-hybridized carbons (Fsp3) is 1.00. The molecule has 0 aromatic carbocycles. The molecule has 0 spiro atoms. The summed E-state index contributed by atoms with van der Waals surface area (Å²) in [7, 11) is 0.500. The first-order chi connectivity index (χ1) is 4.79. The largest absolute Gasteiger partial charge is 0.316 e. The van der Waals surface area contributed by atoms with Crippen LogP contribution in [0.15, 0.2) is 0 Å². The Hall–Kier alpha value is -0.250. The highest BCUT2D eigenvalue weighted by atomic mass is 19.3. The molecule has 4 heteroatoms. The van der Waals surface area contributed by atoms with E-state index >= 15 is 0 Å². The highest BCUT2D eigenvalue weighted by molar-refractivity contribution is 4.74. The van der Waals surface area contributed by atoms with Crippen LogP contribution < -0.4 is 5.32 Å². The zero-order valence-corrected chi connectivity index (χ0v) is 5.91. The van der Waals surface area contributed by atoms with E-state index < -0.39 is 6.43 Å². The molecular weight excluding hydrogens is 143 g/mol. The minimum Gasteiger partial charge on any atom is -0.316 e. The van der Waals surface area contributed by atoms with Crippen molar-refractivity contribution in [1.29, 1.82) is 0 Å². The van der Waals surface area contributed by atoms with E-state index in [1.54, 1.807) is 0 Å². The van der Waals surface area contributed by atoms with Crippen molar-refractivity contribution < 1.29 is 13.2 Å². The Kier molecular flexibility index (Phi) is 5.39. The van der Waals surface area contributed by atoms with Crippen LogP contribution in [0, 0.1) is 5.92 Å². The summed E-state index contributed by atoms with van der Waals surface area (Å²) in [5.41, 5.74) is 0. The number of hydrogen-bond acceptors (Lipinski definition) is 1. The van der Waals surface area contributed by atoms with E-state index in [-0.39, 0.29) is 12.3 Å².